The molecule has 1 unspecified atom stereocenters. The summed E-state index contributed by atoms with van der Waals surface area (Å²) < 4.78 is 18.1. The molecule has 2 aromatic rings. The second-order valence-electron chi connectivity index (χ2n) is 8.20. The Morgan fingerprint density at radius 2 is 1.96 bits per heavy atom. The number of rotatable bonds is 2. The van der Waals surface area contributed by atoms with Crippen molar-refractivity contribution < 1.29 is 19.0 Å². The Kier molecular flexibility index (Phi) is 4.11. The molecule has 0 amide bonds. The summed E-state index contributed by atoms with van der Waals surface area (Å²) in [5.41, 5.74) is 1.72. The predicted molar refractivity (Wildman–Crippen MR) is 104 cm³/mol. The molecule has 3 heterocycles. The molecule has 2 aliphatic rings. The maximum absolute atomic E-state index is 12.3. The van der Waals surface area contributed by atoms with Crippen LogP contribution in [0.1, 0.15) is 63.8 Å². The van der Waals surface area contributed by atoms with Crippen LogP contribution in [0, 0.1) is 5.92 Å². The molecule has 3 atom stereocenters. The lowest BCUT2D eigenvalue weighted by Gasteiger charge is -2.37. The zero-order valence-corrected chi connectivity index (χ0v) is 16.5. The third-order valence-electron chi connectivity index (χ3n) is 5.62. The van der Waals surface area contributed by atoms with E-state index in [1.165, 1.54) is 6.07 Å². The average Bonchev–Trinajstić information content (AvgIpc) is 2.58. The summed E-state index contributed by atoms with van der Waals surface area (Å²) >= 11 is 0. The van der Waals surface area contributed by atoms with Gasteiger partial charge in [0.15, 0.2) is 5.58 Å². The minimum Gasteiger partial charge on any atom is -0.489 e. The van der Waals surface area contributed by atoms with Gasteiger partial charge in [-0.3, -0.25) is 0 Å². The standard InChI is InChI=1S/C22H26O5/c1-6-7-13-10-15(23)26-21-16(13)20-14(8-9-22(4,5)27-20)19-17(21)18(24)11(2)12(3)25-19/h8-12,18,24H,6-7H2,1-5H3/t11?,12-,18+/m0/s1. The highest BCUT2D eigenvalue weighted by molar-refractivity contribution is 5.97. The summed E-state index contributed by atoms with van der Waals surface area (Å²) in [6.45, 7) is 9.91. The molecule has 4 rings (SSSR count). The van der Waals surface area contributed by atoms with Crippen molar-refractivity contribution in [2.75, 3.05) is 0 Å². The quantitative estimate of drug-likeness (QED) is 0.795. The first-order valence-corrected chi connectivity index (χ1v) is 9.63. The van der Waals surface area contributed by atoms with E-state index in [-0.39, 0.29) is 12.0 Å². The number of benzene rings is 1. The van der Waals surface area contributed by atoms with E-state index >= 15 is 0 Å². The van der Waals surface area contributed by atoms with Crippen molar-refractivity contribution in [2.45, 2.75) is 65.3 Å². The fraction of sp³-hybridized carbons (Fsp3) is 0.500. The Morgan fingerprint density at radius 3 is 2.67 bits per heavy atom. The summed E-state index contributed by atoms with van der Waals surface area (Å²) in [5, 5.41) is 11.8. The molecule has 0 aliphatic carbocycles. The van der Waals surface area contributed by atoms with E-state index in [0.717, 1.165) is 29.4 Å². The molecular weight excluding hydrogens is 344 g/mol. The smallest absolute Gasteiger partial charge is 0.336 e. The first kappa shape index (κ1) is 18.1. The minimum atomic E-state index is -0.778. The van der Waals surface area contributed by atoms with E-state index < -0.39 is 17.3 Å². The van der Waals surface area contributed by atoms with Crippen LogP contribution in [0.3, 0.4) is 0 Å². The molecule has 0 radical (unpaired) electrons. The number of aliphatic hydroxyl groups is 1. The zero-order chi connectivity index (χ0) is 19.5. The summed E-state index contributed by atoms with van der Waals surface area (Å²) in [7, 11) is 0. The van der Waals surface area contributed by atoms with E-state index in [9.17, 15) is 9.90 Å². The highest BCUT2D eigenvalue weighted by Crippen LogP contribution is 2.52. The molecule has 1 aromatic heterocycles. The molecule has 0 bridgehead atoms. The van der Waals surface area contributed by atoms with Crippen molar-refractivity contribution in [1.82, 2.24) is 0 Å². The fourth-order valence-corrected chi connectivity index (χ4v) is 3.98. The summed E-state index contributed by atoms with van der Waals surface area (Å²) in [6.07, 6.45) is 4.65. The number of fused-ring (bicyclic) bond motifs is 6. The Hall–Kier alpha value is -2.27. The van der Waals surface area contributed by atoms with E-state index in [0.29, 0.717) is 22.6 Å². The van der Waals surface area contributed by atoms with Crippen LogP contribution >= 0.6 is 0 Å². The van der Waals surface area contributed by atoms with E-state index in [1.807, 2.05) is 39.8 Å². The maximum atomic E-state index is 12.3. The van der Waals surface area contributed by atoms with Crippen LogP contribution in [0.15, 0.2) is 21.4 Å². The first-order chi connectivity index (χ1) is 12.7. The van der Waals surface area contributed by atoms with Crippen molar-refractivity contribution in [2.24, 2.45) is 5.92 Å². The van der Waals surface area contributed by atoms with Crippen LogP contribution in [0.4, 0.5) is 0 Å². The molecule has 2 aliphatic heterocycles. The number of aryl methyl sites for hydroxylation is 1. The van der Waals surface area contributed by atoms with Crippen LogP contribution in [-0.2, 0) is 6.42 Å². The molecule has 1 N–H and O–H groups in total. The van der Waals surface area contributed by atoms with Gasteiger partial charge in [-0.05, 0) is 44.9 Å². The summed E-state index contributed by atoms with van der Waals surface area (Å²) in [6, 6.07) is 1.54. The van der Waals surface area contributed by atoms with Gasteiger partial charge in [-0.2, -0.15) is 0 Å². The van der Waals surface area contributed by atoms with Crippen molar-refractivity contribution in [1.29, 1.82) is 0 Å². The molecule has 1 aromatic carbocycles. The lowest BCUT2D eigenvalue weighted by molar-refractivity contribution is 0.0173. The van der Waals surface area contributed by atoms with Crippen LogP contribution in [-0.4, -0.2) is 16.8 Å². The molecule has 0 saturated heterocycles. The fourth-order valence-electron chi connectivity index (χ4n) is 3.98. The molecular formula is C22H26O5. The highest BCUT2D eigenvalue weighted by Gasteiger charge is 2.39. The molecule has 144 valence electrons. The van der Waals surface area contributed by atoms with Crippen molar-refractivity contribution in [3.63, 3.8) is 0 Å². The zero-order valence-electron chi connectivity index (χ0n) is 16.5. The molecule has 0 fully saturated rings. The van der Waals surface area contributed by atoms with Gasteiger partial charge in [-0.15, -0.1) is 0 Å². The molecule has 0 spiro atoms. The third-order valence-corrected chi connectivity index (χ3v) is 5.62. The SMILES string of the molecule is CCCc1cc(=O)oc2c3c(c4c(c12)OC(C)(C)C=C4)O[C@@H](C)C(C)[C@H]3O. The lowest BCUT2D eigenvalue weighted by Crippen LogP contribution is -2.34. The van der Waals surface area contributed by atoms with Gasteiger partial charge in [0.1, 0.15) is 23.2 Å². The third kappa shape index (κ3) is 2.76. The van der Waals surface area contributed by atoms with Crippen LogP contribution in [0.5, 0.6) is 11.5 Å². The number of ether oxygens (including phenoxy) is 2. The van der Waals surface area contributed by atoms with E-state index in [4.69, 9.17) is 13.9 Å². The van der Waals surface area contributed by atoms with Crippen molar-refractivity contribution >= 4 is 17.0 Å². The topological polar surface area (TPSA) is 68.9 Å². The number of aliphatic hydroxyl groups excluding tert-OH is 1. The van der Waals surface area contributed by atoms with Crippen LogP contribution in [0.25, 0.3) is 17.0 Å². The normalized spacial score (nSPS) is 25.5. The summed E-state index contributed by atoms with van der Waals surface area (Å²) in [4.78, 5) is 12.3. The second kappa shape index (κ2) is 6.13. The van der Waals surface area contributed by atoms with Gasteiger partial charge in [-0.25, -0.2) is 4.79 Å². The van der Waals surface area contributed by atoms with Crippen molar-refractivity contribution in [3.05, 3.63) is 39.3 Å². The number of hydrogen-bond donors (Lipinski definition) is 1. The second-order valence-corrected chi connectivity index (χ2v) is 8.20. The van der Waals surface area contributed by atoms with Gasteiger partial charge in [0.2, 0.25) is 0 Å². The molecule has 27 heavy (non-hydrogen) atoms. The van der Waals surface area contributed by atoms with Gasteiger partial charge in [0.05, 0.1) is 22.6 Å². The Balaban J connectivity index is 2.17. The van der Waals surface area contributed by atoms with Gasteiger partial charge < -0.3 is 19.0 Å². The molecule has 0 saturated carbocycles. The Bertz CT molecular complexity index is 998. The largest absolute Gasteiger partial charge is 0.489 e. The number of hydrogen-bond acceptors (Lipinski definition) is 5. The maximum Gasteiger partial charge on any atom is 0.336 e. The van der Waals surface area contributed by atoms with Gasteiger partial charge in [0, 0.05) is 12.0 Å². The summed E-state index contributed by atoms with van der Waals surface area (Å²) in [5.74, 6) is 1.10. The van der Waals surface area contributed by atoms with Gasteiger partial charge in [0.25, 0.3) is 0 Å². The van der Waals surface area contributed by atoms with Crippen LogP contribution in [0.2, 0.25) is 0 Å². The minimum absolute atomic E-state index is 0.121. The molecule has 5 heteroatoms. The van der Waals surface area contributed by atoms with Crippen molar-refractivity contribution in [3.8, 4) is 11.5 Å². The Labute approximate surface area is 158 Å². The van der Waals surface area contributed by atoms with Gasteiger partial charge >= 0.3 is 5.63 Å². The lowest BCUT2D eigenvalue weighted by atomic mass is 9.85. The monoisotopic (exact) mass is 370 g/mol. The van der Waals surface area contributed by atoms with Crippen LogP contribution < -0.4 is 15.1 Å². The first-order valence-electron chi connectivity index (χ1n) is 9.63. The Morgan fingerprint density at radius 1 is 1.22 bits per heavy atom. The average molecular weight is 370 g/mol. The van der Waals surface area contributed by atoms with E-state index in [2.05, 4.69) is 6.92 Å². The molecule has 5 nitrogen and oxygen atoms in total. The van der Waals surface area contributed by atoms with E-state index in [1.54, 1.807) is 0 Å². The highest BCUT2D eigenvalue weighted by atomic mass is 16.5. The predicted octanol–water partition coefficient (Wildman–Crippen LogP) is 4.38. The van der Waals surface area contributed by atoms with Gasteiger partial charge in [-0.1, -0.05) is 20.3 Å².